The number of carbonyl (C=O) groups excluding carboxylic acids is 1. The Bertz CT molecular complexity index is 707. The van der Waals surface area contributed by atoms with Crippen LogP contribution in [0.25, 0.3) is 5.95 Å². The highest BCUT2D eigenvalue weighted by Crippen LogP contribution is 1.97. The molecule has 2 aromatic rings. The van der Waals surface area contributed by atoms with Crippen molar-refractivity contribution in [2.75, 3.05) is 6.54 Å². The van der Waals surface area contributed by atoms with Gasteiger partial charge in [0, 0.05) is 31.6 Å². The molecule has 2 aromatic heterocycles. The smallest absolute Gasteiger partial charge is 0.303 e. The minimum Gasteiger partial charge on any atom is -0.481 e. The summed E-state index contributed by atoms with van der Waals surface area (Å²) in [5.74, 6) is -1.20. The number of hydrogen-bond donors (Lipinski definition) is 3. The first-order valence-corrected chi connectivity index (χ1v) is 6.67. The van der Waals surface area contributed by atoms with Gasteiger partial charge in [0.25, 0.3) is 11.5 Å². The standard InChI is InChI=1S/C13H15N5O4/c19-10(20)4-1-2-5-14-11(21)9-8-15-13(17-12(9)22)18-7-3-6-16-18/h3,6-8H,1-2,4-5H2,(H,14,21)(H,19,20)(H,15,17,22). The normalized spacial score (nSPS) is 10.4. The summed E-state index contributed by atoms with van der Waals surface area (Å²) in [4.78, 5) is 40.5. The molecule has 116 valence electrons. The predicted molar refractivity (Wildman–Crippen MR) is 75.8 cm³/mol. The maximum Gasteiger partial charge on any atom is 0.303 e. The average molecular weight is 305 g/mol. The maximum absolute atomic E-state index is 11.9. The van der Waals surface area contributed by atoms with Crippen LogP contribution in [0.3, 0.4) is 0 Å². The maximum atomic E-state index is 11.9. The van der Waals surface area contributed by atoms with Crippen LogP contribution in [0.5, 0.6) is 0 Å². The van der Waals surface area contributed by atoms with Gasteiger partial charge in [-0.1, -0.05) is 0 Å². The van der Waals surface area contributed by atoms with E-state index in [9.17, 15) is 14.4 Å². The Morgan fingerprint density at radius 2 is 2.18 bits per heavy atom. The number of H-pyrrole nitrogens is 1. The highest BCUT2D eigenvalue weighted by Gasteiger charge is 2.12. The molecule has 0 unspecified atom stereocenters. The van der Waals surface area contributed by atoms with Crippen molar-refractivity contribution in [3.63, 3.8) is 0 Å². The van der Waals surface area contributed by atoms with Crippen LogP contribution < -0.4 is 10.9 Å². The first-order valence-electron chi connectivity index (χ1n) is 6.67. The van der Waals surface area contributed by atoms with Gasteiger partial charge in [0.05, 0.1) is 0 Å². The summed E-state index contributed by atoms with van der Waals surface area (Å²) >= 11 is 0. The molecule has 0 spiro atoms. The largest absolute Gasteiger partial charge is 0.481 e. The number of aliphatic carboxylic acids is 1. The number of nitrogens with zero attached hydrogens (tertiary/aromatic N) is 3. The Kier molecular flexibility index (Phi) is 5.02. The van der Waals surface area contributed by atoms with E-state index >= 15 is 0 Å². The lowest BCUT2D eigenvalue weighted by Crippen LogP contribution is -2.31. The van der Waals surface area contributed by atoms with E-state index in [4.69, 9.17) is 5.11 Å². The molecule has 3 N–H and O–H groups in total. The van der Waals surface area contributed by atoms with Crippen molar-refractivity contribution in [2.45, 2.75) is 19.3 Å². The van der Waals surface area contributed by atoms with E-state index in [0.29, 0.717) is 19.4 Å². The number of carboxylic acid groups (broad SMARTS) is 1. The number of carbonyl (C=O) groups is 2. The predicted octanol–water partition coefficient (Wildman–Crippen LogP) is -0.0597. The molecule has 2 heterocycles. The molecule has 2 rings (SSSR count). The molecule has 1 amide bonds. The van der Waals surface area contributed by atoms with Gasteiger partial charge < -0.3 is 10.4 Å². The quantitative estimate of drug-likeness (QED) is 0.614. The number of aromatic amines is 1. The van der Waals surface area contributed by atoms with Gasteiger partial charge in [-0.25, -0.2) is 9.67 Å². The number of hydrogen-bond acceptors (Lipinski definition) is 5. The Morgan fingerprint density at radius 3 is 2.82 bits per heavy atom. The van der Waals surface area contributed by atoms with Crippen LogP contribution in [-0.2, 0) is 4.79 Å². The second kappa shape index (κ2) is 7.16. The lowest BCUT2D eigenvalue weighted by Gasteiger charge is -2.05. The van der Waals surface area contributed by atoms with E-state index < -0.39 is 17.4 Å². The summed E-state index contributed by atoms with van der Waals surface area (Å²) in [5.41, 5.74) is -0.669. The van der Waals surface area contributed by atoms with Gasteiger partial charge in [-0.3, -0.25) is 19.4 Å². The van der Waals surface area contributed by atoms with Crippen LogP contribution >= 0.6 is 0 Å². The third-order valence-electron chi connectivity index (χ3n) is 2.85. The molecule has 0 bridgehead atoms. The molecule has 9 heteroatoms. The summed E-state index contributed by atoms with van der Waals surface area (Å²) in [6.45, 7) is 0.298. The van der Waals surface area contributed by atoms with Gasteiger partial charge >= 0.3 is 5.97 Å². The molecule has 0 aliphatic rings. The zero-order valence-corrected chi connectivity index (χ0v) is 11.7. The van der Waals surface area contributed by atoms with Crippen LogP contribution in [0.4, 0.5) is 0 Å². The fourth-order valence-corrected chi connectivity index (χ4v) is 1.76. The van der Waals surface area contributed by atoms with Gasteiger partial charge in [-0.05, 0) is 18.9 Å². The van der Waals surface area contributed by atoms with Crippen LogP contribution in [0.1, 0.15) is 29.6 Å². The molecule has 0 aliphatic carbocycles. The third-order valence-corrected chi connectivity index (χ3v) is 2.85. The van der Waals surface area contributed by atoms with E-state index in [2.05, 4.69) is 20.4 Å². The summed E-state index contributed by atoms with van der Waals surface area (Å²) in [6.07, 6.45) is 5.37. The lowest BCUT2D eigenvalue weighted by molar-refractivity contribution is -0.137. The Labute approximate surface area is 125 Å². The van der Waals surface area contributed by atoms with Gasteiger partial charge in [0.2, 0.25) is 5.95 Å². The summed E-state index contributed by atoms with van der Waals surface area (Å²) in [6, 6.07) is 1.68. The van der Waals surface area contributed by atoms with Crippen molar-refractivity contribution in [3.8, 4) is 5.95 Å². The van der Waals surface area contributed by atoms with Crippen molar-refractivity contribution in [3.05, 3.63) is 40.6 Å². The lowest BCUT2D eigenvalue weighted by atomic mass is 10.2. The number of aromatic nitrogens is 4. The zero-order valence-electron chi connectivity index (χ0n) is 11.7. The van der Waals surface area contributed by atoms with Crippen molar-refractivity contribution in [2.24, 2.45) is 0 Å². The Hall–Kier alpha value is -2.97. The monoisotopic (exact) mass is 305 g/mol. The Morgan fingerprint density at radius 1 is 1.36 bits per heavy atom. The fourth-order valence-electron chi connectivity index (χ4n) is 1.76. The first kappa shape index (κ1) is 15.4. The first-order chi connectivity index (χ1) is 10.6. The number of unbranched alkanes of at least 4 members (excludes halogenated alkanes) is 1. The number of rotatable bonds is 7. The molecular weight excluding hydrogens is 290 g/mol. The second-order valence-corrected chi connectivity index (χ2v) is 4.51. The number of amides is 1. The highest BCUT2D eigenvalue weighted by atomic mass is 16.4. The molecule has 0 aromatic carbocycles. The second-order valence-electron chi connectivity index (χ2n) is 4.51. The topological polar surface area (TPSA) is 130 Å². The van der Waals surface area contributed by atoms with Gasteiger partial charge in [-0.2, -0.15) is 5.10 Å². The number of nitrogens with one attached hydrogen (secondary N) is 2. The van der Waals surface area contributed by atoms with Crippen LogP contribution in [0.15, 0.2) is 29.5 Å². The van der Waals surface area contributed by atoms with Crippen LogP contribution in [-0.4, -0.2) is 43.3 Å². The van der Waals surface area contributed by atoms with Gasteiger partial charge in [-0.15, -0.1) is 0 Å². The SMILES string of the molecule is O=C(O)CCCCNC(=O)c1cnc(-n2cccn2)[nH]c1=O. The fraction of sp³-hybridized carbons (Fsp3) is 0.308. The third kappa shape index (κ3) is 4.01. The molecule has 0 radical (unpaired) electrons. The van der Waals surface area contributed by atoms with Crippen LogP contribution in [0, 0.1) is 0 Å². The van der Waals surface area contributed by atoms with Crippen molar-refractivity contribution in [1.29, 1.82) is 0 Å². The molecule has 22 heavy (non-hydrogen) atoms. The van der Waals surface area contributed by atoms with Crippen molar-refractivity contribution >= 4 is 11.9 Å². The van der Waals surface area contributed by atoms with E-state index in [1.54, 1.807) is 12.3 Å². The van der Waals surface area contributed by atoms with E-state index in [-0.39, 0.29) is 17.9 Å². The molecule has 9 nitrogen and oxygen atoms in total. The minimum atomic E-state index is -0.874. The molecule has 0 fully saturated rings. The minimum absolute atomic E-state index is 0.0522. The zero-order chi connectivity index (χ0) is 15.9. The molecule has 0 aliphatic heterocycles. The average Bonchev–Trinajstić information content (AvgIpc) is 3.00. The Balaban J connectivity index is 1.93. The van der Waals surface area contributed by atoms with Crippen molar-refractivity contribution < 1.29 is 14.7 Å². The molecular formula is C13H15N5O4. The summed E-state index contributed by atoms with van der Waals surface area (Å²) in [7, 11) is 0. The van der Waals surface area contributed by atoms with Gasteiger partial charge in [0.1, 0.15) is 5.56 Å². The molecule has 0 atom stereocenters. The highest BCUT2D eigenvalue weighted by molar-refractivity contribution is 5.93. The molecule has 0 saturated carbocycles. The summed E-state index contributed by atoms with van der Waals surface area (Å²) in [5, 5.41) is 15.0. The summed E-state index contributed by atoms with van der Waals surface area (Å²) < 4.78 is 1.37. The van der Waals surface area contributed by atoms with Crippen molar-refractivity contribution in [1.82, 2.24) is 25.1 Å². The molecule has 0 saturated heterocycles. The van der Waals surface area contributed by atoms with Crippen LogP contribution in [0.2, 0.25) is 0 Å². The van der Waals surface area contributed by atoms with Gasteiger partial charge in [0.15, 0.2) is 0 Å². The van der Waals surface area contributed by atoms with E-state index in [0.717, 1.165) is 0 Å². The van der Waals surface area contributed by atoms with E-state index in [1.165, 1.54) is 17.1 Å². The van der Waals surface area contributed by atoms with E-state index in [1.807, 2.05) is 0 Å². The number of carboxylic acids is 1.